The molecule has 0 saturated carbocycles. The van der Waals surface area contributed by atoms with Crippen molar-refractivity contribution in [1.29, 1.82) is 0 Å². The standard InChI is InChI=1S/C48H86O11/c1-3-5-7-9-11-13-15-16-17-18-19-20-21-22-23-24-25-26-27-29-30-32-34-36-41(49)56-38-40(39-57-48-45(53)43(51)44(52)46(59-48)47(54)55)58-42(50)37-35-33-31-28-14-12-10-8-6-4-2/h15-16,18-19,40,43-46,48,51-53H,3-14,17,20-39H2,1-2H3,(H,54,55)/b16-15-,19-18-. The monoisotopic (exact) mass is 839 g/mol. The summed E-state index contributed by atoms with van der Waals surface area (Å²) in [6.07, 6.45) is 33.9. The van der Waals surface area contributed by atoms with E-state index < -0.39 is 54.7 Å². The molecule has 1 heterocycles. The summed E-state index contributed by atoms with van der Waals surface area (Å²) in [4.78, 5) is 36.8. The number of esters is 2. The second kappa shape index (κ2) is 38.6. The molecule has 6 atom stereocenters. The van der Waals surface area contributed by atoms with E-state index in [1.165, 1.54) is 128 Å². The fraction of sp³-hybridized carbons (Fsp3) is 0.854. The summed E-state index contributed by atoms with van der Waals surface area (Å²) in [5.41, 5.74) is 0. The Kier molecular flexibility index (Phi) is 35.8. The summed E-state index contributed by atoms with van der Waals surface area (Å²) < 4.78 is 21.7. The highest BCUT2D eigenvalue weighted by Crippen LogP contribution is 2.23. The Morgan fingerprint density at radius 3 is 1.41 bits per heavy atom. The van der Waals surface area contributed by atoms with Crippen molar-refractivity contribution < 1.29 is 53.8 Å². The lowest BCUT2D eigenvalue weighted by Crippen LogP contribution is -2.60. The molecular formula is C48H86O11. The molecule has 1 rings (SSSR count). The van der Waals surface area contributed by atoms with Crippen molar-refractivity contribution in [3.8, 4) is 0 Å². The Labute approximate surface area is 358 Å². The summed E-state index contributed by atoms with van der Waals surface area (Å²) >= 11 is 0. The number of carboxylic acid groups (broad SMARTS) is 1. The number of carbonyl (C=O) groups is 3. The number of aliphatic hydroxyl groups excluding tert-OH is 3. The van der Waals surface area contributed by atoms with E-state index in [4.69, 9.17) is 18.9 Å². The molecule has 0 amide bonds. The minimum atomic E-state index is -1.86. The highest BCUT2D eigenvalue weighted by atomic mass is 16.7. The van der Waals surface area contributed by atoms with Crippen molar-refractivity contribution in [3.63, 3.8) is 0 Å². The minimum absolute atomic E-state index is 0.186. The van der Waals surface area contributed by atoms with Gasteiger partial charge in [0, 0.05) is 12.8 Å². The summed E-state index contributed by atoms with van der Waals surface area (Å²) in [6.45, 7) is 3.79. The van der Waals surface area contributed by atoms with Gasteiger partial charge in [-0.05, 0) is 44.9 Å². The van der Waals surface area contributed by atoms with Crippen LogP contribution in [0.2, 0.25) is 0 Å². The van der Waals surface area contributed by atoms with Crippen molar-refractivity contribution in [3.05, 3.63) is 24.3 Å². The van der Waals surface area contributed by atoms with Crippen LogP contribution in [0.15, 0.2) is 24.3 Å². The van der Waals surface area contributed by atoms with Crippen LogP contribution < -0.4 is 0 Å². The zero-order valence-corrected chi connectivity index (χ0v) is 37.3. The highest BCUT2D eigenvalue weighted by molar-refractivity contribution is 5.73. The average molecular weight is 839 g/mol. The molecule has 0 aromatic carbocycles. The van der Waals surface area contributed by atoms with E-state index in [9.17, 15) is 34.8 Å². The van der Waals surface area contributed by atoms with Gasteiger partial charge in [0.1, 0.15) is 24.9 Å². The largest absolute Gasteiger partial charge is 0.479 e. The second-order valence-electron chi connectivity index (χ2n) is 16.6. The molecule has 0 aliphatic carbocycles. The molecule has 59 heavy (non-hydrogen) atoms. The van der Waals surface area contributed by atoms with E-state index in [0.29, 0.717) is 12.8 Å². The topological polar surface area (TPSA) is 169 Å². The van der Waals surface area contributed by atoms with Gasteiger partial charge in [-0.15, -0.1) is 0 Å². The first-order chi connectivity index (χ1) is 28.7. The van der Waals surface area contributed by atoms with E-state index >= 15 is 0 Å². The van der Waals surface area contributed by atoms with Gasteiger partial charge in [0.25, 0.3) is 0 Å². The molecule has 1 aliphatic heterocycles. The molecule has 1 aliphatic rings. The maximum Gasteiger partial charge on any atom is 0.335 e. The van der Waals surface area contributed by atoms with E-state index in [1.807, 2.05) is 0 Å². The zero-order chi connectivity index (χ0) is 43.2. The van der Waals surface area contributed by atoms with Crippen LogP contribution in [0.1, 0.15) is 213 Å². The molecular weight excluding hydrogens is 753 g/mol. The van der Waals surface area contributed by atoms with E-state index in [2.05, 4.69) is 38.2 Å². The van der Waals surface area contributed by atoms with Crippen LogP contribution in [0.25, 0.3) is 0 Å². The Hall–Kier alpha value is -2.31. The number of aliphatic carboxylic acids is 1. The van der Waals surface area contributed by atoms with Gasteiger partial charge in [-0.2, -0.15) is 0 Å². The maximum absolute atomic E-state index is 12.7. The van der Waals surface area contributed by atoms with Crippen molar-refractivity contribution in [2.45, 2.75) is 250 Å². The van der Waals surface area contributed by atoms with Crippen molar-refractivity contribution >= 4 is 17.9 Å². The third kappa shape index (κ3) is 30.4. The number of ether oxygens (including phenoxy) is 4. The number of aliphatic hydroxyl groups is 3. The van der Waals surface area contributed by atoms with Crippen LogP contribution in [0.5, 0.6) is 0 Å². The highest BCUT2D eigenvalue weighted by Gasteiger charge is 2.47. The van der Waals surface area contributed by atoms with Gasteiger partial charge in [-0.3, -0.25) is 9.59 Å². The van der Waals surface area contributed by atoms with E-state index in [0.717, 1.165) is 44.9 Å². The first-order valence-electron chi connectivity index (χ1n) is 23.9. The Morgan fingerprint density at radius 2 is 0.949 bits per heavy atom. The van der Waals surface area contributed by atoms with Crippen LogP contribution in [-0.2, 0) is 33.3 Å². The van der Waals surface area contributed by atoms with Gasteiger partial charge < -0.3 is 39.4 Å². The summed E-state index contributed by atoms with van der Waals surface area (Å²) in [5, 5.41) is 39.8. The van der Waals surface area contributed by atoms with Gasteiger partial charge in [0.15, 0.2) is 18.5 Å². The lowest BCUT2D eigenvalue weighted by atomic mass is 9.99. The Bertz CT molecular complexity index is 1080. The number of hydrogen-bond acceptors (Lipinski definition) is 10. The molecule has 0 aromatic rings. The van der Waals surface area contributed by atoms with Crippen LogP contribution in [0.4, 0.5) is 0 Å². The molecule has 0 bridgehead atoms. The molecule has 4 N–H and O–H groups in total. The average Bonchev–Trinajstić information content (AvgIpc) is 3.22. The first kappa shape index (κ1) is 54.7. The van der Waals surface area contributed by atoms with Crippen molar-refractivity contribution in [2.75, 3.05) is 13.2 Å². The predicted molar refractivity (Wildman–Crippen MR) is 234 cm³/mol. The van der Waals surface area contributed by atoms with E-state index in [-0.39, 0.29) is 26.1 Å². The number of hydrogen-bond donors (Lipinski definition) is 4. The van der Waals surface area contributed by atoms with Gasteiger partial charge >= 0.3 is 17.9 Å². The Balaban J connectivity index is 2.25. The number of rotatable bonds is 40. The Morgan fingerprint density at radius 1 is 0.525 bits per heavy atom. The lowest BCUT2D eigenvalue weighted by Gasteiger charge is -2.38. The number of unbranched alkanes of at least 4 members (excludes halogenated alkanes) is 25. The van der Waals surface area contributed by atoms with Crippen LogP contribution in [0.3, 0.4) is 0 Å². The summed E-state index contributed by atoms with van der Waals surface area (Å²) in [7, 11) is 0. The molecule has 0 aromatic heterocycles. The predicted octanol–water partition coefficient (Wildman–Crippen LogP) is 10.6. The molecule has 6 unspecified atom stereocenters. The van der Waals surface area contributed by atoms with Gasteiger partial charge in [-0.1, -0.05) is 179 Å². The third-order valence-electron chi connectivity index (χ3n) is 11.1. The molecule has 0 radical (unpaired) electrons. The number of carbonyl (C=O) groups excluding carboxylic acids is 2. The second-order valence-corrected chi connectivity index (χ2v) is 16.6. The van der Waals surface area contributed by atoms with Gasteiger partial charge in [-0.25, -0.2) is 4.79 Å². The van der Waals surface area contributed by atoms with E-state index in [1.54, 1.807) is 0 Å². The van der Waals surface area contributed by atoms with Crippen molar-refractivity contribution in [2.24, 2.45) is 0 Å². The van der Waals surface area contributed by atoms with Crippen molar-refractivity contribution in [1.82, 2.24) is 0 Å². The third-order valence-corrected chi connectivity index (χ3v) is 11.1. The summed E-state index contributed by atoms with van der Waals surface area (Å²) in [6, 6.07) is 0. The quantitative estimate of drug-likeness (QED) is 0.0263. The normalized spacial score (nSPS) is 20.1. The molecule has 11 nitrogen and oxygen atoms in total. The summed E-state index contributed by atoms with van der Waals surface area (Å²) in [5.74, 6) is -2.44. The smallest absolute Gasteiger partial charge is 0.335 e. The molecule has 1 fully saturated rings. The van der Waals surface area contributed by atoms with Gasteiger partial charge in [0.2, 0.25) is 0 Å². The van der Waals surface area contributed by atoms with Gasteiger partial charge in [0.05, 0.1) is 6.61 Å². The molecule has 1 saturated heterocycles. The first-order valence-corrected chi connectivity index (χ1v) is 23.9. The van der Waals surface area contributed by atoms with Crippen LogP contribution >= 0.6 is 0 Å². The fourth-order valence-electron chi connectivity index (χ4n) is 7.26. The lowest BCUT2D eigenvalue weighted by molar-refractivity contribution is -0.298. The minimum Gasteiger partial charge on any atom is -0.479 e. The molecule has 0 spiro atoms. The molecule has 344 valence electrons. The number of allylic oxidation sites excluding steroid dienone is 4. The SMILES string of the molecule is CCCCCCC/C=C\C/C=C\CCCCCCCCCCCCCC(=O)OCC(COC1OC(C(=O)O)C(O)C(O)C1O)OC(=O)CCCCCCCCCCCC. The molecule has 11 heteroatoms. The van der Waals surface area contributed by atoms with Crippen LogP contribution in [0, 0.1) is 0 Å². The fourth-order valence-corrected chi connectivity index (χ4v) is 7.26. The van der Waals surface area contributed by atoms with Crippen LogP contribution in [-0.4, -0.2) is 88.4 Å². The number of carboxylic acids is 1. The maximum atomic E-state index is 12.7. The zero-order valence-electron chi connectivity index (χ0n) is 37.3.